The highest BCUT2D eigenvalue weighted by Crippen LogP contribution is 2.27. The monoisotopic (exact) mass is 386 g/mol. The number of aromatic amines is 1. The highest BCUT2D eigenvalue weighted by atomic mass is 32.2. The molecule has 27 heavy (non-hydrogen) atoms. The number of ketones is 1. The molecule has 3 heterocycles. The molecular weight excluding hydrogens is 367 g/mol. The molecule has 0 bridgehead atoms. The fraction of sp³-hybridized carbons (Fsp3) is 0.316. The smallest absolute Gasteiger partial charge is 0.192 e. The maximum Gasteiger partial charge on any atom is 0.192 e. The van der Waals surface area contributed by atoms with Crippen molar-refractivity contribution in [3.63, 3.8) is 0 Å². The van der Waals surface area contributed by atoms with Gasteiger partial charge in [0.1, 0.15) is 5.82 Å². The molecule has 6 nitrogen and oxygen atoms in total. The number of benzene rings is 1. The molecule has 1 atom stereocenters. The average molecular weight is 386 g/mol. The summed E-state index contributed by atoms with van der Waals surface area (Å²) in [6, 6.07) is 9.73. The molecule has 1 aromatic carbocycles. The molecule has 3 aromatic rings. The van der Waals surface area contributed by atoms with Gasteiger partial charge in [-0.15, -0.1) is 10.2 Å². The third-order valence-corrected chi connectivity index (χ3v) is 5.43. The van der Waals surface area contributed by atoms with E-state index in [1.165, 1.54) is 23.9 Å². The van der Waals surface area contributed by atoms with E-state index in [0.717, 1.165) is 25.0 Å². The standard InChI is InChI=1S/C19H19FN4O2S/c20-14-7-5-13(6-8-14)18-22-23-19(24(18)11-15-3-2-10-26-15)27-12-17(25)16-4-1-9-21-16/h1,4-9,15,21H,2-3,10-12H2. The number of hydrogen-bond acceptors (Lipinski definition) is 5. The summed E-state index contributed by atoms with van der Waals surface area (Å²) < 4.78 is 21.0. The lowest BCUT2D eigenvalue weighted by molar-refractivity contribution is 0.0953. The number of rotatable bonds is 7. The lowest BCUT2D eigenvalue weighted by atomic mass is 10.2. The second-order valence-corrected chi connectivity index (χ2v) is 7.30. The first-order valence-corrected chi connectivity index (χ1v) is 9.79. The molecule has 1 aliphatic heterocycles. The third kappa shape index (κ3) is 4.12. The molecule has 2 aromatic heterocycles. The number of Topliss-reactive ketones (excluding diaryl/α,β-unsaturated/α-hetero) is 1. The first-order valence-electron chi connectivity index (χ1n) is 8.81. The first kappa shape index (κ1) is 17.9. The molecule has 0 aliphatic carbocycles. The summed E-state index contributed by atoms with van der Waals surface area (Å²) in [6.45, 7) is 1.37. The molecule has 0 amide bonds. The van der Waals surface area contributed by atoms with E-state index in [4.69, 9.17) is 4.74 Å². The second kappa shape index (κ2) is 8.06. The van der Waals surface area contributed by atoms with Gasteiger partial charge in [-0.25, -0.2) is 4.39 Å². The number of aromatic nitrogens is 4. The van der Waals surface area contributed by atoms with Crippen LogP contribution >= 0.6 is 11.8 Å². The predicted octanol–water partition coefficient (Wildman–Crippen LogP) is 3.57. The van der Waals surface area contributed by atoms with Crippen molar-refractivity contribution in [2.75, 3.05) is 12.4 Å². The zero-order valence-electron chi connectivity index (χ0n) is 14.6. The van der Waals surface area contributed by atoms with Gasteiger partial charge in [0.15, 0.2) is 16.8 Å². The van der Waals surface area contributed by atoms with Gasteiger partial charge >= 0.3 is 0 Å². The summed E-state index contributed by atoms with van der Waals surface area (Å²) in [6.07, 6.45) is 3.84. The minimum atomic E-state index is -0.296. The topological polar surface area (TPSA) is 72.8 Å². The van der Waals surface area contributed by atoms with Gasteiger partial charge in [-0.2, -0.15) is 0 Å². The van der Waals surface area contributed by atoms with Crippen molar-refractivity contribution in [2.24, 2.45) is 0 Å². The van der Waals surface area contributed by atoms with Crippen LogP contribution in [0.15, 0.2) is 47.8 Å². The van der Waals surface area contributed by atoms with Gasteiger partial charge < -0.3 is 9.72 Å². The summed E-state index contributed by atoms with van der Waals surface area (Å²) in [7, 11) is 0. The van der Waals surface area contributed by atoms with Crippen molar-refractivity contribution in [2.45, 2.75) is 30.6 Å². The van der Waals surface area contributed by atoms with E-state index in [-0.39, 0.29) is 23.5 Å². The lowest BCUT2D eigenvalue weighted by Crippen LogP contribution is -2.17. The number of halogens is 1. The Kier molecular flexibility index (Phi) is 5.35. The molecule has 1 aliphatic rings. The van der Waals surface area contributed by atoms with Gasteiger partial charge in [0.05, 0.1) is 24.1 Å². The Balaban J connectivity index is 1.58. The summed E-state index contributed by atoms with van der Waals surface area (Å²) in [4.78, 5) is 15.2. The molecule has 0 radical (unpaired) electrons. The summed E-state index contributed by atoms with van der Waals surface area (Å²) in [5.41, 5.74) is 1.36. The zero-order chi connectivity index (χ0) is 18.6. The number of nitrogens with zero attached hydrogens (tertiary/aromatic N) is 3. The van der Waals surface area contributed by atoms with Gasteiger partial charge in [0, 0.05) is 18.4 Å². The quantitative estimate of drug-likeness (QED) is 0.496. The molecule has 1 fully saturated rings. The summed E-state index contributed by atoms with van der Waals surface area (Å²) in [5.74, 6) is 0.614. The van der Waals surface area contributed by atoms with Crippen molar-refractivity contribution in [3.05, 3.63) is 54.1 Å². The maximum atomic E-state index is 13.3. The van der Waals surface area contributed by atoms with Crippen LogP contribution in [0.5, 0.6) is 0 Å². The van der Waals surface area contributed by atoms with Gasteiger partial charge in [-0.05, 0) is 49.2 Å². The van der Waals surface area contributed by atoms with Gasteiger partial charge in [-0.1, -0.05) is 11.8 Å². The molecule has 4 rings (SSSR count). The van der Waals surface area contributed by atoms with Crippen molar-refractivity contribution in [1.29, 1.82) is 0 Å². The first-order chi connectivity index (χ1) is 13.2. The Hall–Kier alpha value is -2.45. The van der Waals surface area contributed by atoms with Gasteiger partial charge in [0.25, 0.3) is 0 Å². The van der Waals surface area contributed by atoms with Crippen LogP contribution < -0.4 is 0 Å². The SMILES string of the molecule is O=C(CSc1nnc(-c2ccc(F)cc2)n1CC1CCCO1)c1ccc[nH]1. The van der Waals surface area contributed by atoms with E-state index < -0.39 is 0 Å². The lowest BCUT2D eigenvalue weighted by Gasteiger charge is -2.14. The molecule has 140 valence electrons. The Morgan fingerprint density at radius 3 is 2.85 bits per heavy atom. The van der Waals surface area contributed by atoms with Crippen LogP contribution in [0, 0.1) is 5.82 Å². The fourth-order valence-electron chi connectivity index (χ4n) is 3.08. The molecule has 0 spiro atoms. The van der Waals surface area contributed by atoms with Crippen molar-refractivity contribution in [1.82, 2.24) is 19.7 Å². The average Bonchev–Trinajstić information content (AvgIpc) is 3.44. The Labute approximate surface area is 160 Å². The zero-order valence-corrected chi connectivity index (χ0v) is 15.4. The molecular formula is C19H19FN4O2S. The van der Waals surface area contributed by atoms with Crippen LogP contribution in [0.4, 0.5) is 4.39 Å². The summed E-state index contributed by atoms with van der Waals surface area (Å²) in [5, 5.41) is 9.23. The highest BCUT2D eigenvalue weighted by molar-refractivity contribution is 7.99. The van der Waals surface area contributed by atoms with Crippen molar-refractivity contribution < 1.29 is 13.9 Å². The summed E-state index contributed by atoms with van der Waals surface area (Å²) >= 11 is 1.35. The minimum Gasteiger partial charge on any atom is -0.376 e. The van der Waals surface area contributed by atoms with E-state index in [1.54, 1.807) is 30.5 Å². The fourth-order valence-corrected chi connectivity index (χ4v) is 3.91. The molecule has 1 unspecified atom stereocenters. The number of ether oxygens (including phenoxy) is 1. The molecule has 1 N–H and O–H groups in total. The Bertz CT molecular complexity index is 902. The number of hydrogen-bond donors (Lipinski definition) is 1. The maximum absolute atomic E-state index is 13.3. The predicted molar refractivity (Wildman–Crippen MR) is 100 cm³/mol. The van der Waals surface area contributed by atoms with E-state index in [9.17, 15) is 9.18 Å². The molecule has 1 saturated heterocycles. The van der Waals surface area contributed by atoms with Crippen molar-refractivity contribution in [3.8, 4) is 11.4 Å². The normalized spacial score (nSPS) is 16.7. The molecule has 8 heteroatoms. The Morgan fingerprint density at radius 2 is 2.15 bits per heavy atom. The number of carbonyl (C=O) groups is 1. The largest absolute Gasteiger partial charge is 0.376 e. The van der Waals surface area contributed by atoms with Crippen LogP contribution in [0.25, 0.3) is 11.4 Å². The van der Waals surface area contributed by atoms with E-state index >= 15 is 0 Å². The van der Waals surface area contributed by atoms with Crippen LogP contribution in [0.3, 0.4) is 0 Å². The van der Waals surface area contributed by atoms with E-state index in [1.807, 2.05) is 4.57 Å². The van der Waals surface area contributed by atoms with Crippen LogP contribution in [0.1, 0.15) is 23.3 Å². The molecule has 0 saturated carbocycles. The minimum absolute atomic E-state index is 0.00000133. The van der Waals surface area contributed by atoms with Gasteiger partial charge in [-0.3, -0.25) is 9.36 Å². The number of thioether (sulfide) groups is 1. The van der Waals surface area contributed by atoms with Crippen LogP contribution in [-0.4, -0.2) is 44.0 Å². The number of carbonyl (C=O) groups excluding carboxylic acids is 1. The third-order valence-electron chi connectivity index (χ3n) is 4.46. The van der Waals surface area contributed by atoms with E-state index in [2.05, 4.69) is 15.2 Å². The number of H-pyrrole nitrogens is 1. The second-order valence-electron chi connectivity index (χ2n) is 6.35. The van der Waals surface area contributed by atoms with Crippen LogP contribution in [0.2, 0.25) is 0 Å². The Morgan fingerprint density at radius 1 is 1.30 bits per heavy atom. The van der Waals surface area contributed by atoms with Crippen LogP contribution in [-0.2, 0) is 11.3 Å². The van der Waals surface area contributed by atoms with Crippen molar-refractivity contribution >= 4 is 17.5 Å². The van der Waals surface area contributed by atoms with Gasteiger partial charge in [0.2, 0.25) is 0 Å². The van der Waals surface area contributed by atoms with E-state index in [0.29, 0.717) is 23.2 Å². The number of nitrogens with one attached hydrogen (secondary N) is 1. The highest BCUT2D eigenvalue weighted by Gasteiger charge is 2.22.